The lowest BCUT2D eigenvalue weighted by molar-refractivity contribution is 0.324. The fourth-order valence-corrected chi connectivity index (χ4v) is 1.47. The maximum Gasteiger partial charge on any atom is 0.242 e. The molecule has 1 aromatic rings. The number of nitrogen functional groups attached to an aromatic ring is 1. The number of nitrogens with one attached hydrogen (secondary N) is 1. The Labute approximate surface area is 116 Å². The highest BCUT2D eigenvalue weighted by molar-refractivity contribution is 5.67. The van der Waals surface area contributed by atoms with Crippen molar-refractivity contribution in [1.29, 1.82) is 0 Å². The van der Waals surface area contributed by atoms with Crippen molar-refractivity contribution >= 4 is 11.5 Å². The first-order valence-electron chi connectivity index (χ1n) is 6.80. The summed E-state index contributed by atoms with van der Waals surface area (Å²) in [4.78, 5) is 8.95. The Morgan fingerprint density at radius 3 is 2.37 bits per heavy atom. The van der Waals surface area contributed by atoms with Crippen molar-refractivity contribution in [3.05, 3.63) is 5.82 Å². The summed E-state index contributed by atoms with van der Waals surface area (Å²) in [6, 6.07) is 0. The van der Waals surface area contributed by atoms with Crippen LogP contribution >= 0.6 is 0 Å². The molecule has 0 amide bonds. The van der Waals surface area contributed by atoms with Crippen LogP contribution in [0.3, 0.4) is 0 Å². The molecule has 0 spiro atoms. The van der Waals surface area contributed by atoms with Crippen molar-refractivity contribution in [3.8, 4) is 5.88 Å². The van der Waals surface area contributed by atoms with Gasteiger partial charge in [-0.25, -0.2) is 4.98 Å². The Balaban J connectivity index is 3.16. The summed E-state index contributed by atoms with van der Waals surface area (Å²) in [6.45, 7) is 13.8. The Morgan fingerprint density at radius 2 is 1.89 bits per heavy atom. The number of hydrogen-bond acceptors (Lipinski definition) is 5. The molecule has 0 aromatic carbocycles. The highest BCUT2D eigenvalue weighted by atomic mass is 16.5. The van der Waals surface area contributed by atoms with E-state index in [0.717, 1.165) is 12.4 Å². The van der Waals surface area contributed by atoms with Crippen LogP contribution in [-0.4, -0.2) is 23.1 Å². The summed E-state index contributed by atoms with van der Waals surface area (Å²) in [5.41, 5.74) is 6.39. The van der Waals surface area contributed by atoms with Gasteiger partial charge in [-0.2, -0.15) is 4.98 Å². The number of aromatic nitrogens is 2. The summed E-state index contributed by atoms with van der Waals surface area (Å²) >= 11 is 0. The van der Waals surface area contributed by atoms with Crippen LogP contribution in [0.4, 0.5) is 11.5 Å². The molecule has 0 fully saturated rings. The van der Waals surface area contributed by atoms with Crippen LogP contribution in [0.1, 0.15) is 47.4 Å². The van der Waals surface area contributed by atoms with Gasteiger partial charge in [0.1, 0.15) is 11.5 Å². The number of hydrogen-bond donors (Lipinski definition) is 2. The molecule has 0 unspecified atom stereocenters. The summed E-state index contributed by atoms with van der Waals surface area (Å²) < 4.78 is 5.50. The third-order valence-electron chi connectivity index (χ3n) is 2.54. The third kappa shape index (κ3) is 4.26. The molecule has 1 heterocycles. The normalized spacial score (nSPS) is 11.7. The molecule has 0 saturated carbocycles. The quantitative estimate of drug-likeness (QED) is 0.857. The van der Waals surface area contributed by atoms with E-state index >= 15 is 0 Å². The van der Waals surface area contributed by atoms with Crippen molar-refractivity contribution in [2.24, 2.45) is 5.92 Å². The van der Waals surface area contributed by atoms with Crippen molar-refractivity contribution < 1.29 is 4.74 Å². The predicted octanol–water partition coefficient (Wildman–Crippen LogP) is 2.82. The monoisotopic (exact) mass is 266 g/mol. The van der Waals surface area contributed by atoms with Gasteiger partial charge in [-0.1, -0.05) is 34.6 Å². The van der Waals surface area contributed by atoms with Crippen molar-refractivity contribution in [3.63, 3.8) is 0 Å². The summed E-state index contributed by atoms with van der Waals surface area (Å²) in [6.07, 6.45) is 0. The first kappa shape index (κ1) is 15.5. The molecule has 0 aliphatic heterocycles. The van der Waals surface area contributed by atoms with Crippen LogP contribution in [0.25, 0.3) is 0 Å². The molecular formula is C14H26N4O. The van der Waals surface area contributed by atoms with Gasteiger partial charge in [0.2, 0.25) is 5.88 Å². The molecule has 0 aliphatic rings. The molecule has 19 heavy (non-hydrogen) atoms. The molecule has 0 saturated heterocycles. The SMILES string of the molecule is CCOc1nc(C(C)(C)C)nc(NCC(C)C)c1N. The minimum absolute atomic E-state index is 0.145. The van der Waals surface area contributed by atoms with Gasteiger partial charge >= 0.3 is 0 Å². The molecule has 0 aliphatic carbocycles. The average molecular weight is 266 g/mol. The lowest BCUT2D eigenvalue weighted by Gasteiger charge is -2.20. The first-order chi connectivity index (χ1) is 8.75. The van der Waals surface area contributed by atoms with Gasteiger partial charge in [-0.15, -0.1) is 0 Å². The van der Waals surface area contributed by atoms with Crippen LogP contribution < -0.4 is 15.8 Å². The number of nitrogens with zero attached hydrogens (tertiary/aromatic N) is 2. The van der Waals surface area contributed by atoms with Crippen molar-refractivity contribution in [2.75, 3.05) is 24.2 Å². The molecule has 0 radical (unpaired) electrons. The molecule has 3 N–H and O–H groups in total. The Morgan fingerprint density at radius 1 is 1.26 bits per heavy atom. The largest absolute Gasteiger partial charge is 0.476 e. The van der Waals surface area contributed by atoms with Gasteiger partial charge < -0.3 is 15.8 Å². The highest BCUT2D eigenvalue weighted by Crippen LogP contribution is 2.30. The van der Waals surface area contributed by atoms with E-state index in [-0.39, 0.29) is 5.41 Å². The van der Waals surface area contributed by atoms with Crippen LogP contribution in [-0.2, 0) is 5.41 Å². The fraction of sp³-hybridized carbons (Fsp3) is 0.714. The molecule has 5 nitrogen and oxygen atoms in total. The van der Waals surface area contributed by atoms with E-state index in [1.807, 2.05) is 6.92 Å². The second-order valence-electron chi connectivity index (χ2n) is 6.07. The maximum absolute atomic E-state index is 6.06. The molecule has 0 atom stereocenters. The lowest BCUT2D eigenvalue weighted by atomic mass is 9.96. The number of rotatable bonds is 5. The van der Waals surface area contributed by atoms with Gasteiger partial charge in [0.05, 0.1) is 6.61 Å². The summed E-state index contributed by atoms with van der Waals surface area (Å²) in [5, 5.41) is 3.27. The average Bonchev–Trinajstić information content (AvgIpc) is 2.28. The number of ether oxygens (including phenoxy) is 1. The lowest BCUT2D eigenvalue weighted by Crippen LogP contribution is -2.20. The first-order valence-corrected chi connectivity index (χ1v) is 6.80. The van der Waals surface area contributed by atoms with Gasteiger partial charge in [-0.05, 0) is 12.8 Å². The molecule has 5 heteroatoms. The zero-order chi connectivity index (χ0) is 14.6. The standard InChI is InChI=1S/C14H26N4O/c1-7-19-12-10(15)11(16-8-9(2)3)17-13(18-12)14(4,5)6/h9H,7-8,15H2,1-6H3,(H,16,17,18). The van der Waals surface area contributed by atoms with Crippen LogP contribution in [0, 0.1) is 5.92 Å². The molecule has 1 rings (SSSR count). The second-order valence-corrected chi connectivity index (χ2v) is 6.07. The minimum atomic E-state index is -0.145. The van der Waals surface area contributed by atoms with Gasteiger partial charge in [-0.3, -0.25) is 0 Å². The van der Waals surface area contributed by atoms with Crippen LogP contribution in [0.2, 0.25) is 0 Å². The van der Waals surface area contributed by atoms with E-state index in [1.165, 1.54) is 0 Å². The Hall–Kier alpha value is -1.52. The predicted molar refractivity (Wildman–Crippen MR) is 79.6 cm³/mol. The summed E-state index contributed by atoms with van der Waals surface area (Å²) in [7, 11) is 0. The second kappa shape index (κ2) is 6.08. The molecule has 1 aromatic heterocycles. The van der Waals surface area contributed by atoms with E-state index in [0.29, 0.717) is 29.9 Å². The zero-order valence-electron chi connectivity index (χ0n) is 12.9. The Bertz CT molecular complexity index is 424. The van der Waals surface area contributed by atoms with E-state index < -0.39 is 0 Å². The van der Waals surface area contributed by atoms with Crippen LogP contribution in [0.15, 0.2) is 0 Å². The summed E-state index contributed by atoms with van der Waals surface area (Å²) in [5.74, 6) is 2.38. The molecule has 0 bridgehead atoms. The maximum atomic E-state index is 6.06. The van der Waals surface area contributed by atoms with E-state index in [9.17, 15) is 0 Å². The smallest absolute Gasteiger partial charge is 0.242 e. The van der Waals surface area contributed by atoms with Crippen molar-refractivity contribution in [1.82, 2.24) is 9.97 Å². The van der Waals surface area contributed by atoms with Gasteiger partial charge in [0, 0.05) is 12.0 Å². The van der Waals surface area contributed by atoms with E-state index in [4.69, 9.17) is 10.5 Å². The Kier molecular flexibility index (Phi) is 4.97. The molecule has 108 valence electrons. The highest BCUT2D eigenvalue weighted by Gasteiger charge is 2.22. The minimum Gasteiger partial charge on any atom is -0.476 e. The molecular weight excluding hydrogens is 240 g/mol. The van der Waals surface area contributed by atoms with Gasteiger partial charge in [0.15, 0.2) is 5.82 Å². The number of nitrogens with two attached hydrogens (primary N) is 1. The van der Waals surface area contributed by atoms with E-state index in [1.54, 1.807) is 0 Å². The number of anilines is 2. The topological polar surface area (TPSA) is 73.1 Å². The van der Waals surface area contributed by atoms with Crippen molar-refractivity contribution in [2.45, 2.75) is 47.0 Å². The van der Waals surface area contributed by atoms with E-state index in [2.05, 4.69) is 49.9 Å². The fourth-order valence-electron chi connectivity index (χ4n) is 1.47. The van der Waals surface area contributed by atoms with Crippen LogP contribution in [0.5, 0.6) is 5.88 Å². The third-order valence-corrected chi connectivity index (χ3v) is 2.54. The van der Waals surface area contributed by atoms with Gasteiger partial charge in [0.25, 0.3) is 0 Å². The zero-order valence-corrected chi connectivity index (χ0v) is 12.9.